The third kappa shape index (κ3) is 5.21. The molecule has 0 unspecified atom stereocenters. The molecule has 0 aromatic heterocycles. The van der Waals surface area contributed by atoms with Gasteiger partial charge in [0.1, 0.15) is 5.75 Å². The minimum atomic E-state index is 0.662. The normalized spacial score (nSPS) is 11.2. The van der Waals surface area contributed by atoms with Gasteiger partial charge in [0.05, 0.1) is 7.11 Å². The molecule has 23 heavy (non-hydrogen) atoms. The van der Waals surface area contributed by atoms with Crippen molar-refractivity contribution in [3.63, 3.8) is 0 Å². The predicted octanol–water partition coefficient (Wildman–Crippen LogP) is 3.28. The maximum absolute atomic E-state index is 5.36. The summed E-state index contributed by atoms with van der Waals surface area (Å²) in [5, 5.41) is 6.63. The van der Waals surface area contributed by atoms with Crippen molar-refractivity contribution in [1.82, 2.24) is 10.6 Å². The molecule has 0 radical (unpaired) electrons. The van der Waals surface area contributed by atoms with Crippen LogP contribution in [0.3, 0.4) is 0 Å². The molecule has 2 aromatic carbocycles. The summed E-state index contributed by atoms with van der Waals surface area (Å²) in [6.45, 7) is 1.40. The van der Waals surface area contributed by atoms with Gasteiger partial charge in [-0.2, -0.15) is 0 Å². The third-order valence-corrected chi connectivity index (χ3v) is 4.22. The van der Waals surface area contributed by atoms with Crippen LogP contribution in [0, 0.1) is 0 Å². The fourth-order valence-electron chi connectivity index (χ4n) is 2.18. The number of para-hydroxylation sites is 1. The topological polar surface area (TPSA) is 45.7 Å². The first-order valence-corrected chi connectivity index (χ1v) is 8.68. The molecule has 0 fully saturated rings. The van der Waals surface area contributed by atoms with Crippen LogP contribution >= 0.6 is 11.8 Å². The first-order valence-electron chi connectivity index (χ1n) is 7.46. The maximum Gasteiger partial charge on any atom is 0.191 e. The minimum absolute atomic E-state index is 0.662. The van der Waals surface area contributed by atoms with E-state index in [1.54, 1.807) is 25.9 Å². The van der Waals surface area contributed by atoms with Crippen molar-refractivity contribution < 1.29 is 4.74 Å². The van der Waals surface area contributed by atoms with Crippen molar-refractivity contribution in [3.05, 3.63) is 59.7 Å². The van der Waals surface area contributed by atoms with Crippen LogP contribution in [0.4, 0.5) is 0 Å². The number of ether oxygens (including phenoxy) is 1. The van der Waals surface area contributed by atoms with Crippen LogP contribution in [0.5, 0.6) is 5.75 Å². The molecule has 0 spiro atoms. The van der Waals surface area contributed by atoms with Gasteiger partial charge in [-0.1, -0.05) is 30.3 Å². The van der Waals surface area contributed by atoms with E-state index in [0.29, 0.717) is 6.54 Å². The lowest BCUT2D eigenvalue weighted by molar-refractivity contribution is 0.409. The summed E-state index contributed by atoms with van der Waals surface area (Å²) < 4.78 is 5.36. The fourth-order valence-corrected chi connectivity index (χ4v) is 2.59. The largest absolute Gasteiger partial charge is 0.496 e. The van der Waals surface area contributed by atoms with Gasteiger partial charge in [-0.3, -0.25) is 4.99 Å². The van der Waals surface area contributed by atoms with E-state index in [-0.39, 0.29) is 0 Å². The zero-order valence-electron chi connectivity index (χ0n) is 13.8. The fraction of sp³-hybridized carbons (Fsp3) is 0.278. The van der Waals surface area contributed by atoms with E-state index in [1.807, 2.05) is 24.3 Å². The van der Waals surface area contributed by atoms with Crippen LogP contribution in [-0.2, 0) is 13.1 Å². The van der Waals surface area contributed by atoms with Crippen LogP contribution in [0.2, 0.25) is 0 Å². The highest BCUT2D eigenvalue weighted by atomic mass is 32.2. The van der Waals surface area contributed by atoms with E-state index in [2.05, 4.69) is 46.1 Å². The Kier molecular flexibility index (Phi) is 6.81. The molecule has 2 N–H and O–H groups in total. The highest BCUT2D eigenvalue weighted by Crippen LogP contribution is 2.17. The Hall–Kier alpha value is -2.14. The zero-order valence-corrected chi connectivity index (χ0v) is 14.6. The average molecular weight is 329 g/mol. The van der Waals surface area contributed by atoms with Crippen LogP contribution < -0.4 is 15.4 Å². The molecule has 2 rings (SSSR count). The van der Waals surface area contributed by atoms with E-state index < -0.39 is 0 Å². The number of nitrogens with zero attached hydrogens (tertiary/aromatic N) is 1. The number of thioether (sulfide) groups is 1. The summed E-state index contributed by atoms with van der Waals surface area (Å²) in [6.07, 6.45) is 2.08. The Morgan fingerprint density at radius 3 is 2.39 bits per heavy atom. The van der Waals surface area contributed by atoms with Crippen LogP contribution in [0.15, 0.2) is 58.4 Å². The summed E-state index contributed by atoms with van der Waals surface area (Å²) in [6, 6.07) is 16.5. The average Bonchev–Trinajstić information content (AvgIpc) is 2.62. The van der Waals surface area contributed by atoms with E-state index in [9.17, 15) is 0 Å². The molecular weight excluding hydrogens is 306 g/mol. The maximum atomic E-state index is 5.36. The standard InChI is InChI=1S/C18H23N3OS/c1-19-18(20-12-14-8-10-16(23-3)11-9-14)21-13-15-6-4-5-7-17(15)22-2/h4-11H,12-13H2,1-3H3,(H2,19,20,21). The van der Waals surface area contributed by atoms with E-state index in [1.165, 1.54) is 10.5 Å². The molecule has 0 amide bonds. The quantitative estimate of drug-likeness (QED) is 0.485. The van der Waals surface area contributed by atoms with Crippen LogP contribution in [0.1, 0.15) is 11.1 Å². The van der Waals surface area contributed by atoms with E-state index in [4.69, 9.17) is 4.74 Å². The SMILES string of the molecule is CN=C(NCc1ccc(SC)cc1)NCc1ccccc1OC. The molecule has 2 aromatic rings. The molecule has 0 heterocycles. The van der Waals surface area contributed by atoms with Gasteiger partial charge in [0.25, 0.3) is 0 Å². The summed E-state index contributed by atoms with van der Waals surface area (Å²) in [7, 11) is 3.46. The monoisotopic (exact) mass is 329 g/mol. The second-order valence-electron chi connectivity index (χ2n) is 4.94. The van der Waals surface area contributed by atoms with Gasteiger partial charge in [-0.25, -0.2) is 0 Å². The summed E-state index contributed by atoms with van der Waals surface area (Å²) >= 11 is 1.75. The molecule has 122 valence electrons. The Morgan fingerprint density at radius 2 is 1.74 bits per heavy atom. The second kappa shape index (κ2) is 9.10. The lowest BCUT2D eigenvalue weighted by atomic mass is 10.2. The molecule has 0 aliphatic rings. The molecule has 0 saturated carbocycles. The van der Waals surface area contributed by atoms with Crippen molar-refractivity contribution in [2.75, 3.05) is 20.4 Å². The van der Waals surface area contributed by atoms with Gasteiger partial charge in [0.2, 0.25) is 0 Å². The van der Waals surface area contributed by atoms with Crippen molar-refractivity contribution in [2.24, 2.45) is 4.99 Å². The lowest BCUT2D eigenvalue weighted by Gasteiger charge is -2.14. The number of rotatable bonds is 6. The summed E-state index contributed by atoms with van der Waals surface area (Å²) in [5.74, 6) is 1.65. The Balaban J connectivity index is 1.88. The molecule has 0 aliphatic carbocycles. The molecular formula is C18H23N3OS. The van der Waals surface area contributed by atoms with Crippen molar-refractivity contribution >= 4 is 17.7 Å². The number of benzene rings is 2. The molecule has 5 heteroatoms. The summed E-state index contributed by atoms with van der Waals surface area (Å²) in [5.41, 5.74) is 2.32. The molecule has 0 saturated heterocycles. The van der Waals surface area contributed by atoms with Crippen LogP contribution in [0.25, 0.3) is 0 Å². The highest BCUT2D eigenvalue weighted by Gasteiger charge is 2.03. The summed E-state index contributed by atoms with van der Waals surface area (Å²) in [4.78, 5) is 5.53. The number of methoxy groups -OCH3 is 1. The van der Waals surface area contributed by atoms with Crippen molar-refractivity contribution in [1.29, 1.82) is 0 Å². The number of hydrogen-bond acceptors (Lipinski definition) is 3. The zero-order chi connectivity index (χ0) is 16.5. The number of nitrogens with one attached hydrogen (secondary N) is 2. The van der Waals surface area contributed by atoms with E-state index >= 15 is 0 Å². The van der Waals surface area contributed by atoms with Gasteiger partial charge >= 0.3 is 0 Å². The first kappa shape index (κ1) is 17.2. The third-order valence-electron chi connectivity index (χ3n) is 3.48. The van der Waals surface area contributed by atoms with Gasteiger partial charge < -0.3 is 15.4 Å². The van der Waals surface area contributed by atoms with Crippen molar-refractivity contribution in [3.8, 4) is 5.75 Å². The molecule has 4 nitrogen and oxygen atoms in total. The smallest absolute Gasteiger partial charge is 0.191 e. The van der Waals surface area contributed by atoms with Crippen LogP contribution in [-0.4, -0.2) is 26.4 Å². The van der Waals surface area contributed by atoms with Gasteiger partial charge in [0, 0.05) is 30.6 Å². The predicted molar refractivity (Wildman–Crippen MR) is 98.3 cm³/mol. The van der Waals surface area contributed by atoms with E-state index in [0.717, 1.165) is 23.8 Å². The number of guanidine groups is 1. The lowest BCUT2D eigenvalue weighted by Crippen LogP contribution is -2.36. The van der Waals surface area contributed by atoms with Gasteiger partial charge in [0.15, 0.2) is 5.96 Å². The molecule has 0 atom stereocenters. The number of hydrogen-bond donors (Lipinski definition) is 2. The van der Waals surface area contributed by atoms with Gasteiger partial charge in [-0.05, 0) is 30.0 Å². The van der Waals surface area contributed by atoms with Gasteiger partial charge in [-0.15, -0.1) is 11.8 Å². The Labute approximate surface area is 142 Å². The van der Waals surface area contributed by atoms with Crippen molar-refractivity contribution in [2.45, 2.75) is 18.0 Å². The molecule has 0 aliphatic heterocycles. The first-order chi connectivity index (χ1) is 11.3. The minimum Gasteiger partial charge on any atom is -0.496 e. The highest BCUT2D eigenvalue weighted by molar-refractivity contribution is 7.98. The Bertz CT molecular complexity index is 641. The molecule has 0 bridgehead atoms. The Morgan fingerprint density at radius 1 is 1.04 bits per heavy atom. The second-order valence-corrected chi connectivity index (χ2v) is 5.82. The number of aliphatic imine (C=N–C) groups is 1.